The third-order valence-electron chi connectivity index (χ3n) is 8.50. The van der Waals surface area contributed by atoms with Gasteiger partial charge in [-0.2, -0.15) is 9.97 Å². The van der Waals surface area contributed by atoms with Gasteiger partial charge in [0.2, 0.25) is 6.54 Å². The molecule has 1 amide bonds. The summed E-state index contributed by atoms with van der Waals surface area (Å²) < 4.78 is 20.0. The highest BCUT2D eigenvalue weighted by atomic mass is 19.1. The van der Waals surface area contributed by atoms with Crippen LogP contribution in [0.15, 0.2) is 54.9 Å². The van der Waals surface area contributed by atoms with E-state index < -0.39 is 17.8 Å². The van der Waals surface area contributed by atoms with E-state index in [0.29, 0.717) is 44.8 Å². The molecule has 3 aliphatic heterocycles. The molecule has 0 bridgehead atoms. The molecule has 2 fully saturated rings. The van der Waals surface area contributed by atoms with Crippen LogP contribution in [0.2, 0.25) is 0 Å². The van der Waals surface area contributed by atoms with Crippen molar-refractivity contribution in [2.24, 2.45) is 0 Å². The maximum atomic E-state index is 13.8. The van der Waals surface area contributed by atoms with Gasteiger partial charge in [-0.25, -0.2) is 11.0 Å². The van der Waals surface area contributed by atoms with Crippen molar-refractivity contribution in [1.82, 2.24) is 19.8 Å². The fraction of sp³-hybridized carbons (Fsp3) is 0.419. The summed E-state index contributed by atoms with van der Waals surface area (Å²) in [6.07, 6.45) is 2.23. The molecule has 0 N–H and O–H groups in total. The smallest absolute Gasteiger partial charge is 0.318 e. The van der Waals surface area contributed by atoms with Crippen molar-refractivity contribution >= 4 is 28.2 Å². The Bertz CT molecular complexity index is 1520. The number of carbonyl (C=O) groups excluding carboxylic acids is 1. The number of likely N-dealkylation sites (N-methyl/N-ethyl adjacent to an activating group) is 1. The van der Waals surface area contributed by atoms with E-state index in [4.69, 9.17) is 21.3 Å². The molecule has 0 saturated carbocycles. The second-order valence-electron chi connectivity index (χ2n) is 11.0. The highest BCUT2D eigenvalue weighted by molar-refractivity contribution is 5.94. The lowest BCUT2D eigenvalue weighted by Gasteiger charge is -2.40. The lowest BCUT2D eigenvalue weighted by Crippen LogP contribution is -2.56. The average molecular weight is 556 g/mol. The van der Waals surface area contributed by atoms with Crippen LogP contribution < -0.4 is 14.5 Å². The lowest BCUT2D eigenvalue weighted by atomic mass is 10.1. The molecular weight excluding hydrogens is 521 g/mol. The lowest BCUT2D eigenvalue weighted by molar-refractivity contribution is -0.131. The molecule has 0 unspecified atom stereocenters. The van der Waals surface area contributed by atoms with Crippen molar-refractivity contribution in [1.29, 1.82) is 0 Å². The Hall–Kier alpha value is -4.23. The SMILES string of the molecule is [C-]#[N+]C[C@H]1CN(c2nc(OC[C@@H]3CCCN3C)nc3c2CN(c2cccc4ccccc24)C3)CCN1C(=O)C(=C)F. The summed E-state index contributed by atoms with van der Waals surface area (Å²) in [5.41, 5.74) is 3.06. The topological polar surface area (TPSA) is 69.4 Å². The fourth-order valence-electron chi connectivity index (χ4n) is 6.29. The number of hydrogen-bond acceptors (Lipinski definition) is 7. The van der Waals surface area contributed by atoms with Gasteiger partial charge < -0.3 is 29.2 Å². The Kier molecular flexibility index (Phi) is 7.45. The molecule has 4 heterocycles. The van der Waals surface area contributed by atoms with Crippen molar-refractivity contribution in [2.75, 3.05) is 56.2 Å². The molecule has 2 aromatic carbocycles. The molecular formula is C31H34FN7O2. The second kappa shape index (κ2) is 11.3. The van der Waals surface area contributed by atoms with Crippen LogP contribution in [0.1, 0.15) is 24.1 Å². The van der Waals surface area contributed by atoms with E-state index in [1.165, 1.54) is 15.7 Å². The molecule has 212 valence electrons. The standard InChI is InChI=1S/C31H34FN7O2/c1-21(32)30(40)39-15-14-37(17-24(39)16-33-2)29-26-18-38(28-12-6-9-22-8-4-5-11-25(22)28)19-27(26)34-31(35-29)41-20-23-10-7-13-36(23)3/h4-6,8-9,11-12,23-24H,1,7,10,13-20H2,3H3/t23-,24-/m0/s1. The van der Waals surface area contributed by atoms with Gasteiger partial charge in [0.05, 0.1) is 12.2 Å². The van der Waals surface area contributed by atoms with E-state index in [2.05, 4.69) is 69.6 Å². The maximum Gasteiger partial charge on any atom is 0.318 e. The van der Waals surface area contributed by atoms with Crippen molar-refractivity contribution in [3.63, 3.8) is 0 Å². The van der Waals surface area contributed by atoms with Crippen LogP contribution in [0.4, 0.5) is 15.9 Å². The molecule has 0 aliphatic carbocycles. The minimum absolute atomic E-state index is 0.0717. The van der Waals surface area contributed by atoms with Gasteiger partial charge in [-0.05, 0) is 37.9 Å². The van der Waals surface area contributed by atoms with E-state index in [1.54, 1.807) is 0 Å². The molecule has 2 saturated heterocycles. The molecule has 10 heteroatoms. The number of benzene rings is 2. The first-order valence-electron chi connectivity index (χ1n) is 14.1. The van der Waals surface area contributed by atoms with Crippen LogP contribution in [0.25, 0.3) is 15.6 Å². The number of amides is 1. The van der Waals surface area contributed by atoms with Crippen LogP contribution in [-0.2, 0) is 17.9 Å². The fourth-order valence-corrected chi connectivity index (χ4v) is 6.29. The van der Waals surface area contributed by atoms with Gasteiger partial charge in [0, 0.05) is 48.9 Å². The number of halogens is 1. The zero-order valence-corrected chi connectivity index (χ0v) is 23.3. The molecule has 1 aromatic heterocycles. The normalized spacial score (nSPS) is 20.8. The average Bonchev–Trinajstić information content (AvgIpc) is 3.60. The minimum Gasteiger partial charge on any atom is -0.462 e. The number of fused-ring (bicyclic) bond motifs is 2. The van der Waals surface area contributed by atoms with Gasteiger partial charge in [0.1, 0.15) is 18.5 Å². The van der Waals surface area contributed by atoms with Gasteiger partial charge in [0.25, 0.3) is 5.91 Å². The van der Waals surface area contributed by atoms with Crippen molar-refractivity contribution in [2.45, 2.75) is 38.0 Å². The Morgan fingerprint density at radius 3 is 2.71 bits per heavy atom. The first kappa shape index (κ1) is 27.0. The molecule has 0 spiro atoms. The Labute approximate surface area is 239 Å². The Balaban J connectivity index is 1.33. The van der Waals surface area contributed by atoms with Gasteiger partial charge in [0.15, 0.2) is 5.83 Å². The maximum absolute atomic E-state index is 13.8. The van der Waals surface area contributed by atoms with Crippen molar-refractivity contribution in [3.05, 3.63) is 77.5 Å². The summed E-state index contributed by atoms with van der Waals surface area (Å²) in [5.74, 6) is -0.999. The summed E-state index contributed by atoms with van der Waals surface area (Å²) >= 11 is 0. The van der Waals surface area contributed by atoms with Crippen LogP contribution in [-0.4, -0.2) is 84.1 Å². The summed E-state index contributed by atoms with van der Waals surface area (Å²) in [7, 11) is 2.11. The number of carbonyl (C=O) groups is 1. The Morgan fingerprint density at radius 1 is 1.10 bits per heavy atom. The summed E-state index contributed by atoms with van der Waals surface area (Å²) in [5, 5.41) is 2.35. The van der Waals surface area contributed by atoms with Gasteiger partial charge >= 0.3 is 6.01 Å². The number of nitrogens with zero attached hydrogens (tertiary/aromatic N) is 7. The van der Waals surface area contributed by atoms with E-state index in [9.17, 15) is 9.18 Å². The van der Waals surface area contributed by atoms with E-state index in [0.717, 1.165) is 42.1 Å². The molecule has 6 rings (SSSR count). The molecule has 3 aromatic rings. The largest absolute Gasteiger partial charge is 0.462 e. The second-order valence-corrected chi connectivity index (χ2v) is 11.0. The van der Waals surface area contributed by atoms with Crippen LogP contribution in [0, 0.1) is 6.57 Å². The third-order valence-corrected chi connectivity index (χ3v) is 8.50. The third kappa shape index (κ3) is 5.30. The highest BCUT2D eigenvalue weighted by Gasteiger charge is 2.37. The van der Waals surface area contributed by atoms with E-state index >= 15 is 0 Å². The van der Waals surface area contributed by atoms with Gasteiger partial charge in [-0.3, -0.25) is 4.79 Å². The zero-order valence-electron chi connectivity index (χ0n) is 23.3. The highest BCUT2D eigenvalue weighted by Crippen LogP contribution is 2.37. The molecule has 41 heavy (non-hydrogen) atoms. The predicted octanol–water partition coefficient (Wildman–Crippen LogP) is 4.04. The molecule has 3 aliphatic rings. The number of rotatable bonds is 7. The predicted molar refractivity (Wildman–Crippen MR) is 156 cm³/mol. The van der Waals surface area contributed by atoms with Crippen molar-refractivity contribution in [3.8, 4) is 6.01 Å². The van der Waals surface area contributed by atoms with Crippen LogP contribution in [0.3, 0.4) is 0 Å². The monoisotopic (exact) mass is 555 g/mol. The quantitative estimate of drug-likeness (QED) is 0.322. The number of ether oxygens (including phenoxy) is 1. The van der Waals surface area contributed by atoms with E-state index in [1.807, 2.05) is 6.07 Å². The number of likely N-dealkylation sites (tertiary alicyclic amines) is 1. The number of anilines is 2. The summed E-state index contributed by atoms with van der Waals surface area (Å²) in [6.45, 7) is 14.6. The van der Waals surface area contributed by atoms with Crippen LogP contribution >= 0.6 is 0 Å². The molecule has 9 nitrogen and oxygen atoms in total. The first-order valence-corrected chi connectivity index (χ1v) is 14.1. The Morgan fingerprint density at radius 2 is 1.93 bits per heavy atom. The van der Waals surface area contributed by atoms with Crippen molar-refractivity contribution < 1.29 is 13.9 Å². The number of hydrogen-bond donors (Lipinski definition) is 0. The summed E-state index contributed by atoms with van der Waals surface area (Å²) in [4.78, 5) is 34.0. The summed E-state index contributed by atoms with van der Waals surface area (Å²) in [6, 6.07) is 14.9. The van der Waals surface area contributed by atoms with Gasteiger partial charge in [-0.1, -0.05) is 43.0 Å². The number of aromatic nitrogens is 2. The number of piperazine rings is 1. The molecule has 0 radical (unpaired) electrons. The van der Waals surface area contributed by atoms with Crippen LogP contribution in [0.5, 0.6) is 6.01 Å². The minimum atomic E-state index is -1.00. The zero-order chi connectivity index (χ0) is 28.5. The van der Waals surface area contributed by atoms with Gasteiger partial charge in [-0.15, -0.1) is 0 Å². The van der Waals surface area contributed by atoms with E-state index in [-0.39, 0.29) is 13.1 Å². The first-order chi connectivity index (χ1) is 19.9. The molecule has 2 atom stereocenters.